The molecule has 0 aliphatic heterocycles. The molecule has 0 saturated carbocycles. The van der Waals surface area contributed by atoms with Crippen LogP contribution >= 0.6 is 0 Å². The Labute approximate surface area is 147 Å². The molecule has 3 rings (SSSR count). The van der Waals surface area contributed by atoms with Gasteiger partial charge in [0.15, 0.2) is 0 Å². The summed E-state index contributed by atoms with van der Waals surface area (Å²) in [6.07, 6.45) is 1.39. The standard InChI is InChI=1S/C20H20N4O/c1-13-7-4-5-10-16(13)23-18-11-17(21-12-22-18)20(25)24-19-14(2)8-6-9-15(19)3/h4-12H,1-3H3,(H,24,25)(H,21,22,23). The van der Waals surface area contributed by atoms with E-state index < -0.39 is 0 Å². The van der Waals surface area contributed by atoms with Crippen molar-refractivity contribution in [2.75, 3.05) is 10.6 Å². The van der Waals surface area contributed by atoms with E-state index in [9.17, 15) is 4.79 Å². The molecule has 1 amide bonds. The van der Waals surface area contributed by atoms with Gasteiger partial charge in [0.05, 0.1) is 0 Å². The van der Waals surface area contributed by atoms with Crippen LogP contribution in [0.25, 0.3) is 0 Å². The average Bonchev–Trinajstić information content (AvgIpc) is 2.60. The number of para-hydroxylation sites is 2. The third kappa shape index (κ3) is 3.83. The van der Waals surface area contributed by atoms with Crippen LogP contribution in [0.2, 0.25) is 0 Å². The zero-order valence-corrected chi connectivity index (χ0v) is 14.5. The molecule has 0 fully saturated rings. The Morgan fingerprint density at radius 3 is 2.28 bits per heavy atom. The smallest absolute Gasteiger partial charge is 0.274 e. The van der Waals surface area contributed by atoms with Gasteiger partial charge in [0.2, 0.25) is 0 Å². The Balaban J connectivity index is 1.81. The Bertz CT molecular complexity index is 901. The summed E-state index contributed by atoms with van der Waals surface area (Å²) in [5.41, 5.74) is 5.21. The quantitative estimate of drug-likeness (QED) is 0.743. The maximum Gasteiger partial charge on any atom is 0.274 e. The summed E-state index contributed by atoms with van der Waals surface area (Å²) in [5.74, 6) is 0.323. The number of nitrogens with zero attached hydrogens (tertiary/aromatic N) is 2. The molecule has 0 bridgehead atoms. The van der Waals surface area contributed by atoms with E-state index in [-0.39, 0.29) is 5.91 Å². The molecule has 0 aliphatic rings. The molecule has 2 N–H and O–H groups in total. The lowest BCUT2D eigenvalue weighted by Gasteiger charge is -2.12. The molecule has 0 saturated heterocycles. The molecular formula is C20H20N4O. The number of aryl methyl sites for hydroxylation is 3. The predicted molar refractivity (Wildman–Crippen MR) is 100 cm³/mol. The maximum atomic E-state index is 12.6. The Morgan fingerprint density at radius 1 is 0.880 bits per heavy atom. The Kier molecular flexibility index (Phi) is 4.75. The summed E-state index contributed by atoms with van der Waals surface area (Å²) < 4.78 is 0. The molecule has 1 heterocycles. The minimum absolute atomic E-state index is 0.257. The van der Waals surface area contributed by atoms with Crippen LogP contribution in [0.5, 0.6) is 0 Å². The van der Waals surface area contributed by atoms with Crippen molar-refractivity contribution in [1.82, 2.24) is 9.97 Å². The Hall–Kier alpha value is -3.21. The summed E-state index contributed by atoms with van der Waals surface area (Å²) in [4.78, 5) is 20.9. The van der Waals surface area contributed by atoms with Gasteiger partial charge in [-0.2, -0.15) is 0 Å². The number of carbonyl (C=O) groups excluding carboxylic acids is 1. The SMILES string of the molecule is Cc1ccccc1Nc1cc(C(=O)Nc2c(C)cccc2C)ncn1. The van der Waals surface area contributed by atoms with Gasteiger partial charge in [0, 0.05) is 17.4 Å². The first-order valence-corrected chi connectivity index (χ1v) is 8.07. The largest absolute Gasteiger partial charge is 0.340 e. The monoisotopic (exact) mass is 332 g/mol. The van der Waals surface area contributed by atoms with Crippen molar-refractivity contribution in [3.05, 3.63) is 77.2 Å². The number of anilines is 3. The molecule has 126 valence electrons. The first-order chi connectivity index (χ1) is 12.0. The first kappa shape index (κ1) is 16.6. The van der Waals surface area contributed by atoms with Gasteiger partial charge < -0.3 is 10.6 Å². The van der Waals surface area contributed by atoms with Gasteiger partial charge in [0.25, 0.3) is 5.91 Å². The highest BCUT2D eigenvalue weighted by atomic mass is 16.1. The first-order valence-electron chi connectivity index (χ1n) is 8.07. The summed E-state index contributed by atoms with van der Waals surface area (Å²) in [6.45, 7) is 5.94. The molecule has 0 aliphatic carbocycles. The average molecular weight is 332 g/mol. The number of carbonyl (C=O) groups is 1. The highest BCUT2D eigenvalue weighted by Gasteiger charge is 2.12. The minimum Gasteiger partial charge on any atom is -0.340 e. The molecule has 3 aromatic rings. The minimum atomic E-state index is -0.257. The van der Waals surface area contributed by atoms with Gasteiger partial charge in [-0.1, -0.05) is 36.4 Å². The van der Waals surface area contributed by atoms with Gasteiger partial charge in [-0.15, -0.1) is 0 Å². The van der Waals surface area contributed by atoms with E-state index in [0.717, 1.165) is 28.1 Å². The number of nitrogens with one attached hydrogen (secondary N) is 2. The van der Waals surface area contributed by atoms with E-state index >= 15 is 0 Å². The highest BCUT2D eigenvalue weighted by Crippen LogP contribution is 2.21. The van der Waals surface area contributed by atoms with Crippen LogP contribution in [0, 0.1) is 20.8 Å². The van der Waals surface area contributed by atoms with E-state index in [0.29, 0.717) is 11.5 Å². The second-order valence-electron chi connectivity index (χ2n) is 5.95. The van der Waals surface area contributed by atoms with Crippen molar-refractivity contribution in [1.29, 1.82) is 0 Å². The number of hydrogen-bond acceptors (Lipinski definition) is 4. The third-order valence-electron chi connectivity index (χ3n) is 4.03. The fourth-order valence-corrected chi connectivity index (χ4v) is 2.59. The molecule has 25 heavy (non-hydrogen) atoms. The highest BCUT2D eigenvalue weighted by molar-refractivity contribution is 6.04. The zero-order valence-electron chi connectivity index (χ0n) is 14.5. The molecule has 0 spiro atoms. The number of hydrogen-bond donors (Lipinski definition) is 2. The van der Waals surface area contributed by atoms with Gasteiger partial charge in [-0.25, -0.2) is 9.97 Å². The molecule has 2 aromatic carbocycles. The van der Waals surface area contributed by atoms with Crippen LogP contribution < -0.4 is 10.6 Å². The third-order valence-corrected chi connectivity index (χ3v) is 4.03. The predicted octanol–water partition coefficient (Wildman–Crippen LogP) is 4.40. The summed E-state index contributed by atoms with van der Waals surface area (Å²) in [5, 5.41) is 6.16. The molecular weight excluding hydrogens is 312 g/mol. The van der Waals surface area contributed by atoms with Crippen LogP contribution in [0.1, 0.15) is 27.2 Å². The number of aromatic nitrogens is 2. The lowest BCUT2D eigenvalue weighted by atomic mass is 10.1. The second kappa shape index (κ2) is 7.13. The second-order valence-corrected chi connectivity index (χ2v) is 5.95. The fourth-order valence-electron chi connectivity index (χ4n) is 2.59. The summed E-state index contributed by atoms with van der Waals surface area (Å²) in [7, 11) is 0. The topological polar surface area (TPSA) is 66.9 Å². The van der Waals surface area contributed by atoms with Gasteiger partial charge >= 0.3 is 0 Å². The van der Waals surface area contributed by atoms with Crippen LogP contribution in [-0.2, 0) is 0 Å². The van der Waals surface area contributed by atoms with E-state index in [2.05, 4.69) is 20.6 Å². The lowest BCUT2D eigenvalue weighted by Crippen LogP contribution is -2.16. The lowest BCUT2D eigenvalue weighted by molar-refractivity contribution is 0.102. The van der Waals surface area contributed by atoms with Crippen molar-refractivity contribution in [2.24, 2.45) is 0 Å². The van der Waals surface area contributed by atoms with Gasteiger partial charge in [0.1, 0.15) is 17.8 Å². The molecule has 5 heteroatoms. The van der Waals surface area contributed by atoms with Crippen molar-refractivity contribution >= 4 is 23.1 Å². The molecule has 1 aromatic heterocycles. The summed E-state index contributed by atoms with van der Waals surface area (Å²) in [6, 6.07) is 15.5. The van der Waals surface area contributed by atoms with Gasteiger partial charge in [-0.3, -0.25) is 4.79 Å². The van der Waals surface area contributed by atoms with Crippen LogP contribution in [0.3, 0.4) is 0 Å². The molecule has 5 nitrogen and oxygen atoms in total. The van der Waals surface area contributed by atoms with Gasteiger partial charge in [-0.05, 0) is 43.5 Å². The number of benzene rings is 2. The Morgan fingerprint density at radius 2 is 1.56 bits per heavy atom. The normalized spacial score (nSPS) is 10.4. The van der Waals surface area contributed by atoms with Crippen molar-refractivity contribution < 1.29 is 4.79 Å². The fraction of sp³-hybridized carbons (Fsp3) is 0.150. The van der Waals surface area contributed by atoms with E-state index in [1.165, 1.54) is 6.33 Å². The maximum absolute atomic E-state index is 12.6. The van der Waals surface area contributed by atoms with Crippen molar-refractivity contribution in [2.45, 2.75) is 20.8 Å². The number of rotatable bonds is 4. The van der Waals surface area contributed by atoms with Crippen molar-refractivity contribution in [3.63, 3.8) is 0 Å². The van der Waals surface area contributed by atoms with Crippen molar-refractivity contribution in [3.8, 4) is 0 Å². The van der Waals surface area contributed by atoms with Crippen LogP contribution in [0.4, 0.5) is 17.2 Å². The zero-order chi connectivity index (χ0) is 17.8. The van der Waals surface area contributed by atoms with Crippen LogP contribution in [0.15, 0.2) is 54.9 Å². The van der Waals surface area contributed by atoms with Crippen LogP contribution in [-0.4, -0.2) is 15.9 Å². The van der Waals surface area contributed by atoms with E-state index in [1.54, 1.807) is 6.07 Å². The molecule has 0 atom stereocenters. The van der Waals surface area contributed by atoms with E-state index in [4.69, 9.17) is 0 Å². The molecule has 0 unspecified atom stereocenters. The summed E-state index contributed by atoms with van der Waals surface area (Å²) >= 11 is 0. The van der Waals surface area contributed by atoms with E-state index in [1.807, 2.05) is 63.2 Å². The number of amides is 1. The molecule has 0 radical (unpaired) electrons.